The van der Waals surface area contributed by atoms with Crippen molar-refractivity contribution in [3.05, 3.63) is 15.9 Å². The summed E-state index contributed by atoms with van der Waals surface area (Å²) < 4.78 is 28.4. The van der Waals surface area contributed by atoms with Crippen molar-refractivity contribution in [3.63, 3.8) is 0 Å². The maximum Gasteiger partial charge on any atom is 0.252 e. The van der Waals surface area contributed by atoms with Crippen LogP contribution in [0.15, 0.2) is 20.1 Å². The van der Waals surface area contributed by atoms with Gasteiger partial charge in [-0.15, -0.1) is 11.3 Å². The van der Waals surface area contributed by atoms with Crippen molar-refractivity contribution in [2.75, 3.05) is 6.54 Å². The minimum Gasteiger partial charge on any atom is -0.393 e. The Bertz CT molecular complexity index is 586. The summed E-state index contributed by atoms with van der Waals surface area (Å²) in [5.74, 6) is 0.107. The van der Waals surface area contributed by atoms with Crippen LogP contribution in [0.1, 0.15) is 32.1 Å². The SMILES string of the molecule is O=S(=O)(c1ccc(Br)s1)N1CCCC1C1CCCC1O. The van der Waals surface area contributed by atoms with Crippen LogP contribution in [0.2, 0.25) is 0 Å². The Hall–Kier alpha value is 0.0500. The molecule has 1 aliphatic carbocycles. The number of sulfonamides is 1. The van der Waals surface area contributed by atoms with Crippen molar-refractivity contribution in [2.45, 2.75) is 48.5 Å². The lowest BCUT2D eigenvalue weighted by Gasteiger charge is -2.30. The van der Waals surface area contributed by atoms with Crippen molar-refractivity contribution >= 4 is 37.3 Å². The number of hydrogen-bond donors (Lipinski definition) is 1. The van der Waals surface area contributed by atoms with Gasteiger partial charge in [-0.1, -0.05) is 6.42 Å². The van der Waals surface area contributed by atoms with E-state index in [0.29, 0.717) is 10.8 Å². The summed E-state index contributed by atoms with van der Waals surface area (Å²) in [5.41, 5.74) is 0. The molecule has 0 spiro atoms. The van der Waals surface area contributed by atoms with Crippen LogP contribution in [0.25, 0.3) is 0 Å². The number of thiophene rings is 1. The van der Waals surface area contributed by atoms with E-state index in [4.69, 9.17) is 0 Å². The predicted octanol–water partition coefficient (Wildman–Crippen LogP) is 2.82. The standard InChI is InChI=1S/C13H18BrNO3S2/c14-12-6-7-13(19-12)20(17,18)15-8-2-4-10(15)9-3-1-5-11(9)16/h6-7,9-11,16H,1-5,8H2. The monoisotopic (exact) mass is 379 g/mol. The lowest BCUT2D eigenvalue weighted by Crippen LogP contribution is -2.42. The molecule has 2 aliphatic rings. The highest BCUT2D eigenvalue weighted by Gasteiger charge is 2.43. The third kappa shape index (κ3) is 2.59. The molecule has 1 aromatic rings. The summed E-state index contributed by atoms with van der Waals surface area (Å²) in [5, 5.41) is 10.1. The van der Waals surface area contributed by atoms with E-state index in [-0.39, 0.29) is 18.1 Å². The molecule has 0 amide bonds. The van der Waals surface area contributed by atoms with E-state index in [1.807, 2.05) is 0 Å². The molecule has 7 heteroatoms. The molecule has 20 heavy (non-hydrogen) atoms. The van der Waals surface area contributed by atoms with Crippen molar-refractivity contribution in [3.8, 4) is 0 Å². The summed E-state index contributed by atoms with van der Waals surface area (Å²) in [7, 11) is -3.42. The lowest BCUT2D eigenvalue weighted by atomic mass is 9.95. The van der Waals surface area contributed by atoms with E-state index in [2.05, 4.69) is 15.9 Å². The second-order valence-corrected chi connectivity index (χ2v) is 10.1. The fourth-order valence-electron chi connectivity index (χ4n) is 3.46. The average Bonchev–Trinajstić information content (AvgIpc) is 3.07. The molecule has 1 aliphatic heterocycles. The highest BCUT2D eigenvalue weighted by molar-refractivity contribution is 9.11. The Balaban J connectivity index is 1.88. The number of hydrogen-bond acceptors (Lipinski definition) is 4. The van der Waals surface area contributed by atoms with Crippen LogP contribution >= 0.6 is 27.3 Å². The third-order valence-electron chi connectivity index (χ3n) is 4.39. The zero-order valence-electron chi connectivity index (χ0n) is 11.0. The Morgan fingerprint density at radius 3 is 2.65 bits per heavy atom. The van der Waals surface area contributed by atoms with Gasteiger partial charge in [0.2, 0.25) is 0 Å². The Labute approximate surface area is 132 Å². The van der Waals surface area contributed by atoms with Gasteiger partial charge in [0.1, 0.15) is 4.21 Å². The molecule has 2 fully saturated rings. The van der Waals surface area contributed by atoms with Gasteiger partial charge in [-0.2, -0.15) is 4.31 Å². The molecule has 1 saturated carbocycles. The summed E-state index contributed by atoms with van der Waals surface area (Å²) in [6, 6.07) is 3.40. The highest BCUT2D eigenvalue weighted by atomic mass is 79.9. The first-order valence-corrected chi connectivity index (χ1v) is 10.0. The van der Waals surface area contributed by atoms with Gasteiger partial charge in [-0.25, -0.2) is 8.42 Å². The van der Waals surface area contributed by atoms with Crippen LogP contribution in [0.5, 0.6) is 0 Å². The van der Waals surface area contributed by atoms with Crippen LogP contribution in [0.3, 0.4) is 0 Å². The maximum absolute atomic E-state index is 12.8. The van der Waals surface area contributed by atoms with E-state index >= 15 is 0 Å². The fourth-order valence-corrected chi connectivity index (χ4v) is 7.34. The molecule has 4 nitrogen and oxygen atoms in total. The summed E-state index contributed by atoms with van der Waals surface area (Å²) >= 11 is 4.57. The second kappa shape index (κ2) is 5.68. The van der Waals surface area contributed by atoms with E-state index in [0.717, 1.165) is 35.9 Å². The summed E-state index contributed by atoms with van der Waals surface area (Å²) in [6.07, 6.45) is 4.16. The van der Waals surface area contributed by atoms with Gasteiger partial charge < -0.3 is 5.11 Å². The van der Waals surface area contributed by atoms with E-state index in [9.17, 15) is 13.5 Å². The van der Waals surface area contributed by atoms with Gasteiger partial charge in [0.05, 0.1) is 9.89 Å². The van der Waals surface area contributed by atoms with Gasteiger partial charge >= 0.3 is 0 Å². The van der Waals surface area contributed by atoms with E-state index in [1.54, 1.807) is 16.4 Å². The van der Waals surface area contributed by atoms with Crippen molar-refractivity contribution in [1.29, 1.82) is 0 Å². The first-order chi connectivity index (χ1) is 9.50. The van der Waals surface area contributed by atoms with Gasteiger partial charge in [0, 0.05) is 18.5 Å². The topological polar surface area (TPSA) is 57.6 Å². The molecule has 2 heterocycles. The largest absolute Gasteiger partial charge is 0.393 e. The summed E-state index contributed by atoms with van der Waals surface area (Å²) in [6.45, 7) is 0.575. The molecular formula is C13H18BrNO3S2. The number of rotatable bonds is 3. The number of aliphatic hydroxyl groups excluding tert-OH is 1. The highest BCUT2D eigenvalue weighted by Crippen LogP contribution is 2.39. The quantitative estimate of drug-likeness (QED) is 0.878. The predicted molar refractivity (Wildman–Crippen MR) is 82.3 cm³/mol. The van der Waals surface area contributed by atoms with Crippen LogP contribution in [-0.4, -0.2) is 36.5 Å². The van der Waals surface area contributed by atoms with Crippen molar-refractivity contribution < 1.29 is 13.5 Å². The third-order valence-corrected chi connectivity index (χ3v) is 8.40. The van der Waals surface area contributed by atoms with Gasteiger partial charge in [-0.3, -0.25) is 0 Å². The molecule has 0 aromatic carbocycles. The molecule has 3 unspecified atom stereocenters. The molecule has 1 saturated heterocycles. The zero-order chi connectivity index (χ0) is 14.3. The van der Waals surface area contributed by atoms with Crippen LogP contribution in [-0.2, 0) is 10.0 Å². The number of aliphatic hydroxyl groups is 1. The first-order valence-electron chi connectivity index (χ1n) is 6.95. The molecule has 112 valence electrons. The van der Waals surface area contributed by atoms with E-state index < -0.39 is 10.0 Å². The van der Waals surface area contributed by atoms with Gasteiger partial charge in [-0.05, 0) is 53.7 Å². The molecule has 1 aromatic heterocycles. The fraction of sp³-hybridized carbons (Fsp3) is 0.692. The molecule has 1 N–H and O–H groups in total. The zero-order valence-corrected chi connectivity index (χ0v) is 14.3. The Morgan fingerprint density at radius 1 is 1.25 bits per heavy atom. The second-order valence-electron chi connectivity index (χ2n) is 5.55. The van der Waals surface area contributed by atoms with Crippen LogP contribution in [0, 0.1) is 5.92 Å². The van der Waals surface area contributed by atoms with Crippen molar-refractivity contribution in [2.24, 2.45) is 5.92 Å². The lowest BCUT2D eigenvalue weighted by molar-refractivity contribution is 0.0975. The Morgan fingerprint density at radius 2 is 2.05 bits per heavy atom. The molecule has 0 bridgehead atoms. The number of nitrogens with zero attached hydrogens (tertiary/aromatic N) is 1. The maximum atomic E-state index is 12.8. The van der Waals surface area contributed by atoms with Crippen LogP contribution in [0.4, 0.5) is 0 Å². The van der Waals surface area contributed by atoms with E-state index in [1.165, 1.54) is 11.3 Å². The molecule has 3 atom stereocenters. The van der Waals surface area contributed by atoms with Crippen LogP contribution < -0.4 is 0 Å². The normalized spacial score (nSPS) is 32.0. The molecular weight excluding hydrogens is 362 g/mol. The number of halogens is 1. The smallest absolute Gasteiger partial charge is 0.252 e. The minimum absolute atomic E-state index is 0.0293. The van der Waals surface area contributed by atoms with Crippen molar-refractivity contribution in [1.82, 2.24) is 4.31 Å². The molecule has 3 rings (SSSR count). The average molecular weight is 380 g/mol. The first kappa shape index (κ1) is 15.0. The Kier molecular flexibility index (Phi) is 4.25. The van der Waals surface area contributed by atoms with Gasteiger partial charge in [0.15, 0.2) is 0 Å². The molecule has 0 radical (unpaired) electrons. The minimum atomic E-state index is -3.42. The summed E-state index contributed by atoms with van der Waals surface area (Å²) in [4.78, 5) is 0. The van der Waals surface area contributed by atoms with Gasteiger partial charge in [0.25, 0.3) is 10.0 Å².